The fourth-order valence-corrected chi connectivity index (χ4v) is 4.34. The maximum absolute atomic E-state index is 6.43. The van der Waals surface area contributed by atoms with Crippen LogP contribution in [0, 0.1) is 6.92 Å². The molecule has 33 heavy (non-hydrogen) atoms. The third-order valence-electron chi connectivity index (χ3n) is 5.52. The average Bonchev–Trinajstić information content (AvgIpc) is 3.46. The molecule has 0 aliphatic rings. The lowest BCUT2D eigenvalue weighted by atomic mass is 10.0. The lowest BCUT2D eigenvalue weighted by Gasteiger charge is -2.12. The topological polar surface area (TPSA) is 124 Å². The summed E-state index contributed by atoms with van der Waals surface area (Å²) in [6.45, 7) is 1.96. The number of nitrogens with one attached hydrogen (secondary N) is 1. The average molecular weight is 454 g/mol. The number of aryl methyl sites for hydroxylation is 1. The van der Waals surface area contributed by atoms with Crippen molar-refractivity contribution in [3.63, 3.8) is 0 Å². The van der Waals surface area contributed by atoms with Gasteiger partial charge in [0.15, 0.2) is 5.82 Å². The Morgan fingerprint density at radius 3 is 2.76 bits per heavy atom. The number of imidazole rings is 1. The highest BCUT2D eigenvalue weighted by Crippen LogP contribution is 2.35. The lowest BCUT2D eigenvalue weighted by molar-refractivity contribution is 1.01. The molecule has 160 valence electrons. The van der Waals surface area contributed by atoms with Crippen LogP contribution in [0.4, 0.5) is 5.82 Å². The van der Waals surface area contributed by atoms with Crippen molar-refractivity contribution in [3.05, 3.63) is 72.2 Å². The number of aromatic nitrogens is 8. The zero-order chi connectivity index (χ0) is 22.5. The zero-order valence-electron chi connectivity index (χ0n) is 17.4. The van der Waals surface area contributed by atoms with Crippen molar-refractivity contribution in [2.45, 2.75) is 6.92 Å². The van der Waals surface area contributed by atoms with Gasteiger partial charge in [0.1, 0.15) is 29.8 Å². The van der Waals surface area contributed by atoms with E-state index in [1.807, 2.05) is 43.3 Å². The molecule has 0 unspecified atom stereocenters. The fourth-order valence-electron chi connectivity index (χ4n) is 4.11. The van der Waals surface area contributed by atoms with E-state index >= 15 is 0 Å². The van der Waals surface area contributed by atoms with Gasteiger partial charge in [-0.1, -0.05) is 23.7 Å². The predicted octanol–water partition coefficient (Wildman–Crippen LogP) is 4.36. The Hall–Kier alpha value is -4.37. The predicted molar refractivity (Wildman–Crippen MR) is 127 cm³/mol. The van der Waals surface area contributed by atoms with E-state index in [0.29, 0.717) is 22.4 Å². The summed E-state index contributed by atoms with van der Waals surface area (Å²) in [6, 6.07) is 13.5. The molecule has 10 heteroatoms. The van der Waals surface area contributed by atoms with Gasteiger partial charge in [0.05, 0.1) is 27.4 Å². The molecule has 3 N–H and O–H groups in total. The van der Waals surface area contributed by atoms with Crippen LogP contribution < -0.4 is 5.73 Å². The summed E-state index contributed by atoms with van der Waals surface area (Å²) in [5.74, 6) is 1.80. The van der Waals surface area contributed by atoms with Gasteiger partial charge < -0.3 is 10.7 Å². The molecular formula is C23H16ClN9. The summed E-state index contributed by atoms with van der Waals surface area (Å²) < 4.78 is 2.09. The second-order valence-electron chi connectivity index (χ2n) is 7.52. The Bertz CT molecular complexity index is 1650. The van der Waals surface area contributed by atoms with Crippen molar-refractivity contribution >= 4 is 39.4 Å². The summed E-state index contributed by atoms with van der Waals surface area (Å²) in [7, 11) is 0. The van der Waals surface area contributed by atoms with Gasteiger partial charge >= 0.3 is 0 Å². The number of hydrogen-bond acceptors (Lipinski definition) is 7. The van der Waals surface area contributed by atoms with Crippen LogP contribution in [0.2, 0.25) is 5.02 Å². The van der Waals surface area contributed by atoms with E-state index in [0.717, 1.165) is 44.6 Å². The van der Waals surface area contributed by atoms with Crippen LogP contribution in [0.25, 0.3) is 50.3 Å². The van der Waals surface area contributed by atoms with Crippen molar-refractivity contribution in [3.8, 4) is 28.3 Å². The van der Waals surface area contributed by atoms with Gasteiger partial charge in [-0.25, -0.2) is 15.0 Å². The number of benzene rings is 2. The van der Waals surface area contributed by atoms with Gasteiger partial charge in [0, 0.05) is 28.8 Å². The molecule has 0 bridgehead atoms. The van der Waals surface area contributed by atoms with Gasteiger partial charge in [-0.05, 0) is 31.2 Å². The number of pyridine rings is 1. The molecule has 0 saturated carbocycles. The smallest absolute Gasteiger partial charge is 0.163 e. The van der Waals surface area contributed by atoms with E-state index in [1.165, 1.54) is 6.33 Å². The second kappa shape index (κ2) is 7.35. The largest absolute Gasteiger partial charge is 0.384 e. The molecule has 0 aliphatic heterocycles. The van der Waals surface area contributed by atoms with E-state index in [4.69, 9.17) is 22.3 Å². The van der Waals surface area contributed by atoms with E-state index < -0.39 is 0 Å². The van der Waals surface area contributed by atoms with E-state index in [-0.39, 0.29) is 0 Å². The summed E-state index contributed by atoms with van der Waals surface area (Å²) in [5.41, 5.74) is 11.6. The number of rotatable bonds is 3. The summed E-state index contributed by atoms with van der Waals surface area (Å²) in [4.78, 5) is 20.9. The number of H-pyrrole nitrogens is 1. The first kappa shape index (κ1) is 19.3. The zero-order valence-corrected chi connectivity index (χ0v) is 18.1. The molecule has 0 radical (unpaired) electrons. The van der Waals surface area contributed by atoms with E-state index in [9.17, 15) is 0 Å². The van der Waals surface area contributed by atoms with Crippen molar-refractivity contribution in [1.29, 1.82) is 0 Å². The van der Waals surface area contributed by atoms with Crippen molar-refractivity contribution in [2.24, 2.45) is 0 Å². The number of anilines is 1. The Kier molecular flexibility index (Phi) is 4.30. The van der Waals surface area contributed by atoms with Gasteiger partial charge in [-0.15, -0.1) is 10.2 Å². The molecule has 6 rings (SSSR count). The molecular weight excluding hydrogens is 438 g/mol. The van der Waals surface area contributed by atoms with Crippen molar-refractivity contribution in [1.82, 2.24) is 39.7 Å². The van der Waals surface area contributed by atoms with Crippen molar-refractivity contribution in [2.75, 3.05) is 5.73 Å². The third kappa shape index (κ3) is 3.09. The Morgan fingerprint density at radius 2 is 1.94 bits per heavy atom. The number of hydrogen-bond donors (Lipinski definition) is 2. The van der Waals surface area contributed by atoms with Crippen LogP contribution in [0.1, 0.15) is 5.82 Å². The van der Waals surface area contributed by atoms with Crippen LogP contribution in [0.3, 0.4) is 0 Å². The van der Waals surface area contributed by atoms with Crippen LogP contribution >= 0.6 is 11.6 Å². The van der Waals surface area contributed by atoms with Gasteiger partial charge in [0.25, 0.3) is 0 Å². The maximum atomic E-state index is 6.43. The monoisotopic (exact) mass is 453 g/mol. The highest BCUT2D eigenvalue weighted by Gasteiger charge is 2.19. The Balaban J connectivity index is 1.72. The highest BCUT2D eigenvalue weighted by atomic mass is 35.5. The van der Waals surface area contributed by atoms with Gasteiger partial charge in [-0.2, -0.15) is 0 Å². The third-order valence-corrected chi connectivity index (χ3v) is 5.83. The van der Waals surface area contributed by atoms with Gasteiger partial charge in [0.2, 0.25) is 0 Å². The number of nitrogen functional groups attached to an aromatic ring is 1. The molecule has 2 aromatic carbocycles. The molecule has 0 spiro atoms. The molecule has 6 aromatic rings. The molecule has 0 atom stereocenters. The van der Waals surface area contributed by atoms with Crippen LogP contribution in [-0.4, -0.2) is 39.7 Å². The van der Waals surface area contributed by atoms with Crippen molar-refractivity contribution < 1.29 is 0 Å². The Labute approximate surface area is 192 Å². The first-order valence-corrected chi connectivity index (χ1v) is 10.5. The summed E-state index contributed by atoms with van der Waals surface area (Å²) in [6.07, 6.45) is 4.74. The van der Waals surface area contributed by atoms with E-state index in [2.05, 4.69) is 34.7 Å². The number of nitrogens with zero attached hydrogens (tertiary/aromatic N) is 7. The van der Waals surface area contributed by atoms with Crippen LogP contribution in [-0.2, 0) is 0 Å². The highest BCUT2D eigenvalue weighted by molar-refractivity contribution is 6.35. The maximum Gasteiger partial charge on any atom is 0.163 e. The molecule has 0 aliphatic carbocycles. The summed E-state index contributed by atoms with van der Waals surface area (Å²) in [5, 5.41) is 9.69. The minimum atomic E-state index is 0.390. The second-order valence-corrected chi connectivity index (χ2v) is 7.92. The minimum absolute atomic E-state index is 0.390. The molecule has 0 amide bonds. The first-order valence-electron chi connectivity index (χ1n) is 10.1. The number of halogens is 1. The number of para-hydroxylation sites is 1. The number of aromatic amines is 1. The number of nitrogens with two attached hydrogens (primary N) is 1. The summed E-state index contributed by atoms with van der Waals surface area (Å²) >= 11 is 6.43. The lowest BCUT2D eigenvalue weighted by Crippen LogP contribution is -1.99. The standard InChI is InChI=1S/C23H16ClN9/c1-12-31-22-15(23-29-11-30-32-23)7-13(17-9-20(25)28-10-27-17)8-19(22)33(12)18-5-6-26-21-14(18)3-2-4-16(21)24/h2-11H,1H3,(H2,25,27,28)(H,29,30,32). The molecule has 0 saturated heterocycles. The number of fused-ring (bicyclic) bond motifs is 2. The fraction of sp³-hybridized carbons (Fsp3) is 0.0435. The minimum Gasteiger partial charge on any atom is -0.384 e. The van der Waals surface area contributed by atoms with Gasteiger partial charge in [-0.3, -0.25) is 9.55 Å². The molecule has 4 aromatic heterocycles. The Morgan fingerprint density at radius 1 is 1.03 bits per heavy atom. The quantitative estimate of drug-likeness (QED) is 0.408. The van der Waals surface area contributed by atoms with Crippen LogP contribution in [0.5, 0.6) is 0 Å². The van der Waals surface area contributed by atoms with E-state index in [1.54, 1.807) is 18.6 Å². The van der Waals surface area contributed by atoms with Crippen LogP contribution in [0.15, 0.2) is 61.3 Å². The molecule has 0 fully saturated rings. The normalized spacial score (nSPS) is 11.5. The SMILES string of the molecule is Cc1nc2c(-c3nnc[nH]3)cc(-c3cc(N)ncn3)cc2n1-c1ccnc2c(Cl)cccc12. The molecule has 4 heterocycles. The molecule has 9 nitrogen and oxygen atoms in total. The first-order chi connectivity index (χ1) is 16.1.